The highest BCUT2D eigenvalue weighted by Gasteiger charge is 2.07. The van der Waals surface area contributed by atoms with Crippen LogP contribution in [0.2, 0.25) is 0 Å². The zero-order chi connectivity index (χ0) is 11.5. The van der Waals surface area contributed by atoms with Crippen LogP contribution >= 0.6 is 0 Å². The molecule has 0 amide bonds. The predicted molar refractivity (Wildman–Crippen MR) is 53.0 cm³/mol. The van der Waals surface area contributed by atoms with Crippen molar-refractivity contribution in [2.45, 2.75) is 0 Å². The van der Waals surface area contributed by atoms with Gasteiger partial charge in [-0.25, -0.2) is 14.8 Å². The molecule has 0 bridgehead atoms. The van der Waals surface area contributed by atoms with Crippen molar-refractivity contribution in [3.05, 3.63) is 42.2 Å². The molecule has 0 saturated carbocycles. The Hall–Kier alpha value is -2.68. The number of nitrogens with zero attached hydrogens (tertiary/aromatic N) is 4. The molecule has 2 aromatic rings. The summed E-state index contributed by atoms with van der Waals surface area (Å²) in [5.74, 6) is -1.09. The lowest BCUT2D eigenvalue weighted by Crippen LogP contribution is -1.96. The maximum Gasteiger partial charge on any atom is 0.356 e. The first-order valence-electron chi connectivity index (χ1n) is 4.34. The minimum atomic E-state index is -1.09. The molecule has 0 aliphatic heterocycles. The van der Waals surface area contributed by atoms with Gasteiger partial charge in [0.15, 0.2) is 5.69 Å². The minimum absolute atomic E-state index is 0.0460. The smallest absolute Gasteiger partial charge is 0.356 e. The van der Waals surface area contributed by atoms with Crippen molar-refractivity contribution in [1.29, 1.82) is 5.26 Å². The Morgan fingerprint density at radius 2 is 2.31 bits per heavy atom. The molecule has 0 atom stereocenters. The van der Waals surface area contributed by atoms with E-state index in [0.717, 1.165) is 0 Å². The van der Waals surface area contributed by atoms with Crippen molar-refractivity contribution in [2.75, 3.05) is 0 Å². The fourth-order valence-corrected chi connectivity index (χ4v) is 1.22. The number of carboxylic acids is 1. The second-order valence-electron chi connectivity index (χ2n) is 2.98. The summed E-state index contributed by atoms with van der Waals surface area (Å²) in [6.07, 6.45) is 4.23. The molecule has 0 saturated heterocycles. The van der Waals surface area contributed by atoms with E-state index in [-0.39, 0.29) is 11.4 Å². The molecule has 0 unspecified atom stereocenters. The minimum Gasteiger partial charge on any atom is -0.476 e. The summed E-state index contributed by atoms with van der Waals surface area (Å²) < 4.78 is 1.52. The van der Waals surface area contributed by atoms with Gasteiger partial charge in [0.2, 0.25) is 0 Å². The van der Waals surface area contributed by atoms with Crippen LogP contribution in [0.15, 0.2) is 30.9 Å². The molecule has 0 aromatic carbocycles. The summed E-state index contributed by atoms with van der Waals surface area (Å²) in [6, 6.07) is 5.12. The molecule has 0 fully saturated rings. The van der Waals surface area contributed by atoms with Gasteiger partial charge in [-0.1, -0.05) is 0 Å². The summed E-state index contributed by atoms with van der Waals surface area (Å²) in [5.41, 5.74) is 0.866. The summed E-state index contributed by atoms with van der Waals surface area (Å²) >= 11 is 0. The van der Waals surface area contributed by atoms with Gasteiger partial charge in [0, 0.05) is 12.4 Å². The third-order valence-corrected chi connectivity index (χ3v) is 1.96. The third-order valence-electron chi connectivity index (χ3n) is 1.96. The number of aromatic nitrogens is 3. The molecule has 0 aliphatic carbocycles. The highest BCUT2D eigenvalue weighted by atomic mass is 16.4. The normalized spacial score (nSPS) is 9.69. The van der Waals surface area contributed by atoms with Crippen molar-refractivity contribution in [2.24, 2.45) is 0 Å². The molecule has 6 nitrogen and oxygen atoms in total. The second-order valence-corrected chi connectivity index (χ2v) is 2.98. The van der Waals surface area contributed by atoms with Gasteiger partial charge in [0.05, 0.1) is 5.69 Å². The SMILES string of the molecule is N#Cc1cc(-n2cnc(C(=O)O)c2)ccn1. The zero-order valence-electron chi connectivity index (χ0n) is 8.03. The first-order chi connectivity index (χ1) is 7.70. The lowest BCUT2D eigenvalue weighted by Gasteiger charge is -2.00. The fraction of sp³-hybridized carbons (Fsp3) is 0. The lowest BCUT2D eigenvalue weighted by atomic mass is 10.3. The lowest BCUT2D eigenvalue weighted by molar-refractivity contribution is 0.0691. The Bertz CT molecular complexity index is 583. The van der Waals surface area contributed by atoms with Gasteiger partial charge in [-0.2, -0.15) is 5.26 Å². The first-order valence-corrected chi connectivity index (χ1v) is 4.34. The number of hydrogen-bond donors (Lipinski definition) is 1. The van der Waals surface area contributed by atoms with E-state index in [1.165, 1.54) is 23.3 Å². The number of carbonyl (C=O) groups is 1. The van der Waals surface area contributed by atoms with E-state index in [1.807, 2.05) is 6.07 Å². The predicted octanol–water partition coefficient (Wildman–Crippen LogP) is 0.837. The molecular weight excluding hydrogens is 208 g/mol. The fourth-order valence-electron chi connectivity index (χ4n) is 1.22. The van der Waals surface area contributed by atoms with E-state index >= 15 is 0 Å². The van der Waals surface area contributed by atoms with E-state index in [2.05, 4.69) is 9.97 Å². The Labute approximate surface area is 90.4 Å². The van der Waals surface area contributed by atoms with E-state index in [1.54, 1.807) is 12.1 Å². The molecule has 0 aliphatic rings. The number of nitriles is 1. The topological polar surface area (TPSA) is 91.8 Å². The van der Waals surface area contributed by atoms with Crippen LogP contribution in [0, 0.1) is 11.3 Å². The van der Waals surface area contributed by atoms with Crippen molar-refractivity contribution in [3.63, 3.8) is 0 Å². The first kappa shape index (κ1) is 9.86. The van der Waals surface area contributed by atoms with E-state index in [0.29, 0.717) is 5.69 Å². The van der Waals surface area contributed by atoms with Crippen LogP contribution in [0.3, 0.4) is 0 Å². The van der Waals surface area contributed by atoms with E-state index < -0.39 is 5.97 Å². The van der Waals surface area contributed by atoms with E-state index in [4.69, 9.17) is 10.4 Å². The van der Waals surface area contributed by atoms with Crippen molar-refractivity contribution in [3.8, 4) is 11.8 Å². The Morgan fingerprint density at radius 3 is 2.94 bits per heavy atom. The number of hydrogen-bond acceptors (Lipinski definition) is 4. The van der Waals surface area contributed by atoms with Gasteiger partial charge in [-0.15, -0.1) is 0 Å². The highest BCUT2D eigenvalue weighted by Crippen LogP contribution is 2.09. The number of imidazole rings is 1. The molecule has 78 valence electrons. The summed E-state index contributed by atoms with van der Waals surface area (Å²) in [4.78, 5) is 18.1. The van der Waals surface area contributed by atoms with Gasteiger partial charge in [0.1, 0.15) is 18.1 Å². The average Bonchev–Trinajstić information content (AvgIpc) is 2.78. The number of rotatable bonds is 2. The number of aromatic carboxylic acids is 1. The van der Waals surface area contributed by atoms with Gasteiger partial charge in [-0.3, -0.25) is 0 Å². The monoisotopic (exact) mass is 214 g/mol. The molecule has 2 heterocycles. The van der Waals surface area contributed by atoms with Crippen LogP contribution in [0.5, 0.6) is 0 Å². The van der Waals surface area contributed by atoms with E-state index in [9.17, 15) is 4.79 Å². The highest BCUT2D eigenvalue weighted by molar-refractivity contribution is 5.85. The summed E-state index contributed by atoms with van der Waals surface area (Å²) in [7, 11) is 0. The molecule has 2 rings (SSSR count). The second kappa shape index (κ2) is 3.82. The zero-order valence-corrected chi connectivity index (χ0v) is 8.03. The standard InChI is InChI=1S/C10H6N4O2/c11-4-7-3-8(1-2-12-7)14-5-9(10(15)16)13-6-14/h1-3,5-6H,(H,15,16). The molecular formula is C10H6N4O2. The van der Waals surface area contributed by atoms with Gasteiger partial charge >= 0.3 is 5.97 Å². The molecule has 16 heavy (non-hydrogen) atoms. The Morgan fingerprint density at radius 1 is 1.50 bits per heavy atom. The Kier molecular flexibility index (Phi) is 2.36. The molecule has 1 N–H and O–H groups in total. The maximum absolute atomic E-state index is 10.6. The largest absolute Gasteiger partial charge is 0.476 e. The van der Waals surface area contributed by atoms with Crippen LogP contribution < -0.4 is 0 Å². The van der Waals surface area contributed by atoms with Gasteiger partial charge in [0.25, 0.3) is 0 Å². The van der Waals surface area contributed by atoms with Crippen LogP contribution in [0.4, 0.5) is 0 Å². The van der Waals surface area contributed by atoms with Crippen molar-refractivity contribution >= 4 is 5.97 Å². The quantitative estimate of drug-likeness (QED) is 0.799. The Balaban J connectivity index is 2.43. The van der Waals surface area contributed by atoms with Crippen molar-refractivity contribution in [1.82, 2.24) is 14.5 Å². The van der Waals surface area contributed by atoms with Gasteiger partial charge in [-0.05, 0) is 12.1 Å². The maximum atomic E-state index is 10.6. The molecule has 6 heteroatoms. The van der Waals surface area contributed by atoms with Gasteiger partial charge < -0.3 is 9.67 Å². The third kappa shape index (κ3) is 1.74. The molecule has 0 spiro atoms. The average molecular weight is 214 g/mol. The molecule has 2 aromatic heterocycles. The number of pyridine rings is 1. The van der Waals surface area contributed by atoms with Crippen LogP contribution in [0.1, 0.15) is 16.2 Å². The molecule has 0 radical (unpaired) electrons. The van der Waals surface area contributed by atoms with Crippen LogP contribution in [-0.2, 0) is 0 Å². The van der Waals surface area contributed by atoms with Crippen molar-refractivity contribution < 1.29 is 9.90 Å². The summed E-state index contributed by atoms with van der Waals surface area (Å²) in [6.45, 7) is 0. The number of carboxylic acid groups (broad SMARTS) is 1. The van der Waals surface area contributed by atoms with Crippen LogP contribution in [0.25, 0.3) is 5.69 Å². The van der Waals surface area contributed by atoms with Crippen LogP contribution in [-0.4, -0.2) is 25.6 Å². The summed E-state index contributed by atoms with van der Waals surface area (Å²) in [5, 5.41) is 17.4.